The van der Waals surface area contributed by atoms with E-state index >= 15 is 0 Å². The van der Waals surface area contributed by atoms with Crippen LogP contribution in [0.25, 0.3) is 0 Å². The lowest BCUT2D eigenvalue weighted by atomic mass is 9.94. The summed E-state index contributed by atoms with van der Waals surface area (Å²) < 4.78 is 5.14. The molecule has 0 aromatic heterocycles. The Morgan fingerprint density at radius 3 is 2.48 bits per heavy atom. The fourth-order valence-electron chi connectivity index (χ4n) is 2.32. The molecule has 1 N–H and O–H groups in total. The van der Waals surface area contributed by atoms with E-state index in [1.54, 1.807) is 20.9 Å². The van der Waals surface area contributed by atoms with Crippen molar-refractivity contribution in [2.24, 2.45) is 0 Å². The second kappa shape index (κ2) is 5.99. The third kappa shape index (κ3) is 2.91. The number of allylic oxidation sites excluding steroid dienone is 1. The molecule has 5 heteroatoms. The molecular weight excluding hydrogens is 268 g/mol. The molecule has 5 nitrogen and oxygen atoms in total. The lowest BCUT2D eigenvalue weighted by Crippen LogP contribution is -2.46. The largest absolute Gasteiger partial charge is 0.463 e. The molecule has 2 rings (SSSR count). The number of hydrogen-bond acceptors (Lipinski definition) is 3. The fourth-order valence-corrected chi connectivity index (χ4v) is 2.32. The summed E-state index contributed by atoms with van der Waals surface area (Å²) in [5.41, 5.74) is 3.08. The molecule has 1 aliphatic heterocycles. The monoisotopic (exact) mass is 288 g/mol. The van der Waals surface area contributed by atoms with Crippen LogP contribution in [0.5, 0.6) is 0 Å². The van der Waals surface area contributed by atoms with Gasteiger partial charge >= 0.3 is 12.0 Å². The topological polar surface area (TPSA) is 58.6 Å². The lowest BCUT2D eigenvalue weighted by molar-refractivity contribution is -0.139. The van der Waals surface area contributed by atoms with Gasteiger partial charge in [-0.1, -0.05) is 29.8 Å². The van der Waals surface area contributed by atoms with Crippen molar-refractivity contribution >= 4 is 12.0 Å². The van der Waals surface area contributed by atoms with E-state index in [0.29, 0.717) is 17.9 Å². The number of esters is 1. The average Bonchev–Trinajstić information content (AvgIpc) is 2.45. The predicted molar refractivity (Wildman–Crippen MR) is 79.5 cm³/mol. The highest BCUT2D eigenvalue weighted by atomic mass is 16.5. The molecule has 21 heavy (non-hydrogen) atoms. The van der Waals surface area contributed by atoms with Gasteiger partial charge < -0.3 is 15.0 Å². The minimum Gasteiger partial charge on any atom is -0.463 e. The van der Waals surface area contributed by atoms with Gasteiger partial charge in [0, 0.05) is 12.7 Å². The summed E-state index contributed by atoms with van der Waals surface area (Å²) in [4.78, 5) is 25.7. The zero-order valence-electron chi connectivity index (χ0n) is 12.8. The summed E-state index contributed by atoms with van der Waals surface area (Å²) in [5.74, 6) is -0.396. The van der Waals surface area contributed by atoms with E-state index in [1.807, 2.05) is 31.2 Å². The van der Waals surface area contributed by atoms with Crippen LogP contribution in [-0.2, 0) is 9.53 Å². The number of nitrogens with one attached hydrogen (secondary N) is 1. The van der Waals surface area contributed by atoms with Crippen molar-refractivity contribution in [3.63, 3.8) is 0 Å². The standard InChI is InChI=1S/C16H20N2O3/c1-5-21-15(19)13-11(3)18(4)16(20)17-14(13)12-8-6-10(2)7-9-12/h6-9,14H,5H2,1-4H3,(H,17,20)/t14-/m0/s1. The molecule has 0 saturated carbocycles. The zero-order chi connectivity index (χ0) is 15.6. The molecule has 2 amide bonds. The Hall–Kier alpha value is -2.30. The van der Waals surface area contributed by atoms with E-state index in [2.05, 4.69) is 5.32 Å². The number of urea groups is 1. The third-order valence-corrected chi connectivity index (χ3v) is 3.66. The van der Waals surface area contributed by atoms with Crippen molar-refractivity contribution in [1.82, 2.24) is 10.2 Å². The van der Waals surface area contributed by atoms with E-state index in [0.717, 1.165) is 11.1 Å². The van der Waals surface area contributed by atoms with Crippen molar-refractivity contribution in [3.8, 4) is 0 Å². The number of hydrogen-bond donors (Lipinski definition) is 1. The van der Waals surface area contributed by atoms with Gasteiger partial charge in [-0.15, -0.1) is 0 Å². The minimum atomic E-state index is -0.478. The van der Waals surface area contributed by atoms with E-state index in [4.69, 9.17) is 4.74 Å². The molecule has 1 atom stereocenters. The summed E-state index contributed by atoms with van der Waals surface area (Å²) in [6, 6.07) is 7.03. The molecule has 0 bridgehead atoms. The summed E-state index contributed by atoms with van der Waals surface area (Å²) in [6.07, 6.45) is 0. The molecular formula is C16H20N2O3. The van der Waals surface area contributed by atoms with E-state index in [9.17, 15) is 9.59 Å². The number of amides is 2. The van der Waals surface area contributed by atoms with Crippen LogP contribution in [0.2, 0.25) is 0 Å². The van der Waals surface area contributed by atoms with Crippen LogP contribution in [-0.4, -0.2) is 30.6 Å². The van der Waals surface area contributed by atoms with Gasteiger partial charge in [0.15, 0.2) is 0 Å². The molecule has 1 aliphatic rings. The Kier molecular flexibility index (Phi) is 4.31. The van der Waals surface area contributed by atoms with Crippen LogP contribution in [0.3, 0.4) is 0 Å². The van der Waals surface area contributed by atoms with Gasteiger partial charge in [-0.25, -0.2) is 9.59 Å². The van der Waals surface area contributed by atoms with E-state index in [-0.39, 0.29) is 6.03 Å². The number of carbonyl (C=O) groups is 2. The summed E-state index contributed by atoms with van der Waals surface area (Å²) in [7, 11) is 1.63. The molecule has 0 fully saturated rings. The first-order valence-corrected chi connectivity index (χ1v) is 6.94. The smallest absolute Gasteiger partial charge is 0.338 e. The van der Waals surface area contributed by atoms with Crippen molar-refractivity contribution in [2.45, 2.75) is 26.8 Å². The normalized spacial score (nSPS) is 18.6. The van der Waals surface area contributed by atoms with Gasteiger partial charge in [-0.2, -0.15) is 0 Å². The van der Waals surface area contributed by atoms with Gasteiger partial charge in [-0.3, -0.25) is 0 Å². The highest BCUT2D eigenvalue weighted by Crippen LogP contribution is 2.30. The first kappa shape index (κ1) is 15.1. The minimum absolute atomic E-state index is 0.230. The van der Waals surface area contributed by atoms with Crippen molar-refractivity contribution in [3.05, 3.63) is 46.7 Å². The predicted octanol–water partition coefficient (Wildman–Crippen LogP) is 2.53. The maximum Gasteiger partial charge on any atom is 0.338 e. The molecule has 1 aromatic rings. The van der Waals surface area contributed by atoms with Crippen LogP contribution in [0.1, 0.15) is 31.0 Å². The quantitative estimate of drug-likeness (QED) is 0.869. The van der Waals surface area contributed by atoms with Crippen molar-refractivity contribution in [2.75, 3.05) is 13.7 Å². The molecule has 0 spiro atoms. The second-order valence-electron chi connectivity index (χ2n) is 5.07. The Morgan fingerprint density at radius 2 is 1.90 bits per heavy atom. The van der Waals surface area contributed by atoms with Crippen LogP contribution >= 0.6 is 0 Å². The SMILES string of the molecule is CCOC(=O)C1=C(C)N(C)C(=O)N[C@H]1c1ccc(C)cc1. The number of ether oxygens (including phenoxy) is 1. The van der Waals surface area contributed by atoms with Gasteiger partial charge in [0.1, 0.15) is 0 Å². The van der Waals surface area contributed by atoms with Gasteiger partial charge in [0.05, 0.1) is 18.2 Å². The van der Waals surface area contributed by atoms with Crippen molar-refractivity contribution in [1.29, 1.82) is 0 Å². The van der Waals surface area contributed by atoms with Crippen LogP contribution in [0.4, 0.5) is 4.79 Å². The Labute approximate surface area is 124 Å². The van der Waals surface area contributed by atoms with Gasteiger partial charge in [0.2, 0.25) is 0 Å². The number of carbonyl (C=O) groups excluding carboxylic acids is 2. The molecule has 1 aromatic carbocycles. The summed E-state index contributed by atoms with van der Waals surface area (Å²) in [6.45, 7) is 5.81. The van der Waals surface area contributed by atoms with Crippen LogP contribution in [0, 0.1) is 6.92 Å². The van der Waals surface area contributed by atoms with E-state index in [1.165, 1.54) is 4.90 Å². The number of nitrogens with zero attached hydrogens (tertiary/aromatic N) is 1. The summed E-state index contributed by atoms with van der Waals surface area (Å²) >= 11 is 0. The third-order valence-electron chi connectivity index (χ3n) is 3.66. The Morgan fingerprint density at radius 1 is 1.29 bits per heavy atom. The first-order chi connectivity index (χ1) is 9.95. The molecule has 0 radical (unpaired) electrons. The number of aryl methyl sites for hydroxylation is 1. The number of benzene rings is 1. The average molecular weight is 288 g/mol. The first-order valence-electron chi connectivity index (χ1n) is 6.94. The van der Waals surface area contributed by atoms with Crippen molar-refractivity contribution < 1.29 is 14.3 Å². The molecule has 0 aliphatic carbocycles. The Bertz CT molecular complexity index is 590. The lowest BCUT2D eigenvalue weighted by Gasteiger charge is -2.33. The summed E-state index contributed by atoms with van der Waals surface area (Å²) in [5, 5.41) is 2.85. The highest BCUT2D eigenvalue weighted by molar-refractivity contribution is 5.94. The highest BCUT2D eigenvalue weighted by Gasteiger charge is 2.34. The molecule has 0 saturated heterocycles. The second-order valence-corrected chi connectivity index (χ2v) is 5.07. The van der Waals surface area contributed by atoms with E-state index < -0.39 is 12.0 Å². The maximum atomic E-state index is 12.3. The molecule has 112 valence electrons. The van der Waals surface area contributed by atoms with Crippen LogP contribution in [0.15, 0.2) is 35.5 Å². The zero-order valence-corrected chi connectivity index (χ0v) is 12.8. The van der Waals surface area contributed by atoms with Gasteiger partial charge in [0.25, 0.3) is 0 Å². The van der Waals surface area contributed by atoms with Crippen LogP contribution < -0.4 is 5.32 Å². The Balaban J connectivity index is 2.48. The molecule has 1 heterocycles. The fraction of sp³-hybridized carbons (Fsp3) is 0.375. The number of rotatable bonds is 3. The molecule has 0 unspecified atom stereocenters. The van der Waals surface area contributed by atoms with Gasteiger partial charge in [-0.05, 0) is 26.3 Å². The maximum absolute atomic E-state index is 12.3.